The molecule has 7 heteroatoms. The number of carbonyl (C=O) groups excluding carboxylic acids is 3. The molecule has 31 heavy (non-hydrogen) atoms. The number of piperazine rings is 1. The van der Waals surface area contributed by atoms with Crippen molar-refractivity contribution in [1.29, 1.82) is 0 Å². The molecule has 0 aromatic heterocycles. The standard InChI is InChI=1S/C24H30N4O3/c1-3-18-8-5-6-11-21(18)26-23(30)17-27-12-14-28(15-13-27)24(31)19-9-7-10-20(16-19)25-22(29)4-2/h5-11,16H,3-4,12-15,17H2,1-2H3,(H,25,29)(H,26,30). The number of carbonyl (C=O) groups is 3. The van der Waals surface area contributed by atoms with Crippen molar-refractivity contribution in [3.05, 3.63) is 59.7 Å². The summed E-state index contributed by atoms with van der Waals surface area (Å²) < 4.78 is 0. The summed E-state index contributed by atoms with van der Waals surface area (Å²) in [6.07, 6.45) is 1.25. The van der Waals surface area contributed by atoms with E-state index >= 15 is 0 Å². The fourth-order valence-electron chi connectivity index (χ4n) is 3.61. The molecule has 0 spiro atoms. The predicted molar refractivity (Wildman–Crippen MR) is 122 cm³/mol. The quantitative estimate of drug-likeness (QED) is 0.719. The summed E-state index contributed by atoms with van der Waals surface area (Å²) in [7, 11) is 0. The number of rotatable bonds is 7. The molecular weight excluding hydrogens is 392 g/mol. The molecule has 164 valence electrons. The smallest absolute Gasteiger partial charge is 0.254 e. The van der Waals surface area contributed by atoms with Crippen molar-refractivity contribution in [2.24, 2.45) is 0 Å². The molecule has 0 saturated carbocycles. The SMILES string of the molecule is CCC(=O)Nc1cccc(C(=O)N2CCN(CC(=O)Nc3ccccc3CC)CC2)c1. The third kappa shape index (κ3) is 6.15. The zero-order chi connectivity index (χ0) is 22.2. The van der Waals surface area contributed by atoms with E-state index in [-0.39, 0.29) is 17.7 Å². The van der Waals surface area contributed by atoms with Gasteiger partial charge in [-0.3, -0.25) is 19.3 Å². The molecule has 1 aliphatic heterocycles. The molecule has 3 amide bonds. The molecule has 1 saturated heterocycles. The third-order valence-electron chi connectivity index (χ3n) is 5.41. The lowest BCUT2D eigenvalue weighted by Gasteiger charge is -2.34. The van der Waals surface area contributed by atoms with Gasteiger partial charge in [0.15, 0.2) is 0 Å². The van der Waals surface area contributed by atoms with E-state index in [1.54, 1.807) is 36.1 Å². The van der Waals surface area contributed by atoms with E-state index in [0.29, 0.717) is 50.4 Å². The molecule has 0 radical (unpaired) electrons. The Kier molecular flexibility index (Phi) is 7.78. The fraction of sp³-hybridized carbons (Fsp3) is 0.375. The van der Waals surface area contributed by atoms with Crippen LogP contribution in [0.2, 0.25) is 0 Å². The second-order valence-electron chi connectivity index (χ2n) is 7.61. The van der Waals surface area contributed by atoms with Crippen LogP contribution < -0.4 is 10.6 Å². The molecule has 0 bridgehead atoms. The summed E-state index contributed by atoms with van der Waals surface area (Å²) in [5.41, 5.74) is 3.15. The number of aryl methyl sites for hydroxylation is 1. The van der Waals surface area contributed by atoms with Crippen LogP contribution in [0.25, 0.3) is 0 Å². The van der Waals surface area contributed by atoms with Crippen molar-refractivity contribution in [2.75, 3.05) is 43.4 Å². The van der Waals surface area contributed by atoms with Crippen molar-refractivity contribution >= 4 is 29.1 Å². The highest BCUT2D eigenvalue weighted by molar-refractivity contribution is 5.97. The molecule has 1 aliphatic rings. The lowest BCUT2D eigenvalue weighted by atomic mass is 10.1. The maximum absolute atomic E-state index is 12.9. The van der Waals surface area contributed by atoms with Crippen LogP contribution in [0.1, 0.15) is 36.2 Å². The summed E-state index contributed by atoms with van der Waals surface area (Å²) in [6.45, 7) is 6.55. The second-order valence-corrected chi connectivity index (χ2v) is 7.61. The number of amides is 3. The number of nitrogens with zero attached hydrogens (tertiary/aromatic N) is 2. The van der Waals surface area contributed by atoms with Crippen LogP contribution in [-0.4, -0.2) is 60.2 Å². The second kappa shape index (κ2) is 10.7. The van der Waals surface area contributed by atoms with Crippen molar-refractivity contribution in [2.45, 2.75) is 26.7 Å². The van der Waals surface area contributed by atoms with Crippen molar-refractivity contribution < 1.29 is 14.4 Å². The summed E-state index contributed by atoms with van der Waals surface area (Å²) >= 11 is 0. The van der Waals surface area contributed by atoms with E-state index in [1.807, 2.05) is 24.3 Å². The molecule has 0 atom stereocenters. The summed E-state index contributed by atoms with van der Waals surface area (Å²) in [5.74, 6) is -0.188. The van der Waals surface area contributed by atoms with Gasteiger partial charge in [0.05, 0.1) is 6.54 Å². The van der Waals surface area contributed by atoms with Gasteiger partial charge in [0.25, 0.3) is 5.91 Å². The van der Waals surface area contributed by atoms with Crippen LogP contribution in [0.3, 0.4) is 0 Å². The lowest BCUT2D eigenvalue weighted by molar-refractivity contribution is -0.118. The first kappa shape index (κ1) is 22.5. The minimum absolute atomic E-state index is 0.0416. The molecule has 7 nitrogen and oxygen atoms in total. The summed E-state index contributed by atoms with van der Waals surface area (Å²) in [6, 6.07) is 14.8. The van der Waals surface area contributed by atoms with Gasteiger partial charge in [-0.2, -0.15) is 0 Å². The van der Waals surface area contributed by atoms with Crippen LogP contribution in [0.5, 0.6) is 0 Å². The number of benzene rings is 2. The zero-order valence-electron chi connectivity index (χ0n) is 18.2. The van der Waals surface area contributed by atoms with Crippen LogP contribution >= 0.6 is 0 Å². The van der Waals surface area contributed by atoms with Crippen LogP contribution in [0.4, 0.5) is 11.4 Å². The average Bonchev–Trinajstić information content (AvgIpc) is 2.79. The van der Waals surface area contributed by atoms with Gasteiger partial charge in [0.2, 0.25) is 11.8 Å². The average molecular weight is 423 g/mol. The minimum atomic E-state index is -0.0851. The Labute approximate surface area is 183 Å². The Bertz CT molecular complexity index is 936. The maximum atomic E-state index is 12.9. The van der Waals surface area contributed by atoms with Crippen LogP contribution in [-0.2, 0) is 16.0 Å². The topological polar surface area (TPSA) is 81.8 Å². The Morgan fingerprint density at radius 1 is 0.871 bits per heavy atom. The summed E-state index contributed by atoms with van der Waals surface area (Å²) in [4.78, 5) is 40.8. The lowest BCUT2D eigenvalue weighted by Crippen LogP contribution is -2.50. The van der Waals surface area contributed by atoms with Gasteiger partial charge >= 0.3 is 0 Å². The molecule has 3 rings (SSSR count). The molecule has 1 heterocycles. The number of para-hydroxylation sites is 1. The molecular formula is C24H30N4O3. The summed E-state index contributed by atoms with van der Waals surface area (Å²) in [5, 5.41) is 5.78. The first-order chi connectivity index (χ1) is 15.0. The number of hydrogen-bond donors (Lipinski definition) is 2. The van der Waals surface area contributed by atoms with E-state index in [0.717, 1.165) is 17.7 Å². The van der Waals surface area contributed by atoms with Crippen molar-refractivity contribution in [3.8, 4) is 0 Å². The highest BCUT2D eigenvalue weighted by atomic mass is 16.2. The van der Waals surface area contributed by atoms with Crippen molar-refractivity contribution in [1.82, 2.24) is 9.80 Å². The van der Waals surface area contributed by atoms with Crippen LogP contribution in [0.15, 0.2) is 48.5 Å². The van der Waals surface area contributed by atoms with E-state index < -0.39 is 0 Å². The van der Waals surface area contributed by atoms with E-state index in [2.05, 4.69) is 22.5 Å². The van der Waals surface area contributed by atoms with Gasteiger partial charge in [0, 0.05) is 49.5 Å². The van der Waals surface area contributed by atoms with Gasteiger partial charge in [0.1, 0.15) is 0 Å². The highest BCUT2D eigenvalue weighted by Crippen LogP contribution is 2.16. The molecule has 2 aromatic rings. The van der Waals surface area contributed by atoms with Gasteiger partial charge in [-0.05, 0) is 36.2 Å². The molecule has 0 unspecified atom stereocenters. The Hall–Kier alpha value is -3.19. The normalized spacial score (nSPS) is 14.2. The highest BCUT2D eigenvalue weighted by Gasteiger charge is 2.23. The van der Waals surface area contributed by atoms with E-state index in [1.165, 1.54) is 0 Å². The maximum Gasteiger partial charge on any atom is 0.254 e. The molecule has 2 N–H and O–H groups in total. The molecule has 0 aliphatic carbocycles. The monoisotopic (exact) mass is 422 g/mol. The number of hydrogen-bond acceptors (Lipinski definition) is 4. The Morgan fingerprint density at radius 3 is 2.32 bits per heavy atom. The first-order valence-electron chi connectivity index (χ1n) is 10.8. The number of nitrogens with one attached hydrogen (secondary N) is 2. The third-order valence-corrected chi connectivity index (χ3v) is 5.41. The minimum Gasteiger partial charge on any atom is -0.336 e. The van der Waals surface area contributed by atoms with Gasteiger partial charge in [-0.25, -0.2) is 0 Å². The van der Waals surface area contributed by atoms with Gasteiger partial charge < -0.3 is 15.5 Å². The zero-order valence-corrected chi connectivity index (χ0v) is 18.2. The van der Waals surface area contributed by atoms with E-state index in [4.69, 9.17) is 0 Å². The van der Waals surface area contributed by atoms with Gasteiger partial charge in [-0.15, -0.1) is 0 Å². The predicted octanol–water partition coefficient (Wildman–Crippen LogP) is 2.99. The molecule has 1 fully saturated rings. The molecule has 2 aromatic carbocycles. The van der Waals surface area contributed by atoms with E-state index in [9.17, 15) is 14.4 Å². The Morgan fingerprint density at radius 2 is 1.61 bits per heavy atom. The fourth-order valence-corrected chi connectivity index (χ4v) is 3.61. The number of anilines is 2. The van der Waals surface area contributed by atoms with Gasteiger partial charge in [-0.1, -0.05) is 38.1 Å². The first-order valence-corrected chi connectivity index (χ1v) is 10.8. The van der Waals surface area contributed by atoms with Crippen LogP contribution in [0, 0.1) is 0 Å². The van der Waals surface area contributed by atoms with Crippen molar-refractivity contribution in [3.63, 3.8) is 0 Å². The largest absolute Gasteiger partial charge is 0.336 e. The Balaban J connectivity index is 1.51.